The molecule has 1 N–H and O–H groups in total. The normalized spacial score (nSPS) is 13.0. The summed E-state index contributed by atoms with van der Waals surface area (Å²) in [7, 11) is 0. The Balaban J connectivity index is 1.62. The van der Waals surface area contributed by atoms with Gasteiger partial charge in [0, 0.05) is 22.8 Å². The molecule has 37 heavy (non-hydrogen) atoms. The van der Waals surface area contributed by atoms with Crippen LogP contribution in [0, 0.1) is 11.3 Å². The maximum absolute atomic E-state index is 13.2. The van der Waals surface area contributed by atoms with Crippen molar-refractivity contribution in [3.63, 3.8) is 0 Å². The second-order valence-electron chi connectivity index (χ2n) is 9.81. The number of nitrogens with zero attached hydrogens (tertiary/aromatic N) is 4. The van der Waals surface area contributed by atoms with Gasteiger partial charge in [-0.25, -0.2) is 0 Å². The lowest BCUT2D eigenvalue weighted by Gasteiger charge is -2.17. The molecule has 1 aliphatic rings. The van der Waals surface area contributed by atoms with Crippen LogP contribution in [0.3, 0.4) is 0 Å². The molecule has 0 saturated carbocycles. The van der Waals surface area contributed by atoms with E-state index in [9.17, 15) is 14.9 Å². The molecule has 3 heterocycles. The molecule has 0 radical (unpaired) electrons. The number of hydrogen-bond acceptors (Lipinski definition) is 5. The van der Waals surface area contributed by atoms with Crippen molar-refractivity contribution in [2.45, 2.75) is 32.1 Å². The van der Waals surface area contributed by atoms with Gasteiger partial charge < -0.3 is 4.98 Å². The molecule has 0 aliphatic heterocycles. The van der Waals surface area contributed by atoms with E-state index in [0.717, 1.165) is 45.5 Å². The first-order valence-corrected chi connectivity index (χ1v) is 12.1. The summed E-state index contributed by atoms with van der Waals surface area (Å²) >= 11 is 0. The topological polar surface area (TPSA) is 104 Å². The van der Waals surface area contributed by atoms with Crippen LogP contribution in [-0.2, 0) is 5.41 Å². The fourth-order valence-electron chi connectivity index (χ4n) is 4.85. The van der Waals surface area contributed by atoms with Gasteiger partial charge >= 0.3 is 11.1 Å². The molecular weight excluding hydrogens is 462 g/mol. The number of benzene rings is 2. The number of rotatable bonds is 3. The Morgan fingerprint density at radius 3 is 2.51 bits per heavy atom. The molecule has 6 rings (SSSR count). The number of nitrogens with one attached hydrogen (secondary N) is 1. The molecule has 0 spiro atoms. The highest BCUT2D eigenvalue weighted by molar-refractivity contribution is 6.04. The Morgan fingerprint density at radius 2 is 1.73 bits per heavy atom. The number of nitriles is 1. The smallest absolute Gasteiger partial charge is 0.315 e. The van der Waals surface area contributed by atoms with Crippen LogP contribution in [0.4, 0.5) is 0 Å². The monoisotopic (exact) mass is 485 g/mol. The van der Waals surface area contributed by atoms with Crippen molar-refractivity contribution in [2.24, 2.45) is 0 Å². The number of H-pyrrole nitrogens is 1. The van der Waals surface area contributed by atoms with Crippen molar-refractivity contribution in [1.82, 2.24) is 19.5 Å². The van der Waals surface area contributed by atoms with Crippen molar-refractivity contribution in [1.29, 1.82) is 5.26 Å². The zero-order chi connectivity index (χ0) is 25.7. The van der Waals surface area contributed by atoms with Gasteiger partial charge in [0.2, 0.25) is 0 Å². The van der Waals surface area contributed by atoms with Gasteiger partial charge in [-0.05, 0) is 73.4 Å². The number of hydrogen-bond donors (Lipinski definition) is 1. The van der Waals surface area contributed by atoms with Crippen LogP contribution in [0.5, 0.6) is 0 Å². The lowest BCUT2D eigenvalue weighted by molar-refractivity contribution is 0.686. The van der Waals surface area contributed by atoms with Crippen LogP contribution >= 0.6 is 0 Å². The van der Waals surface area contributed by atoms with E-state index in [4.69, 9.17) is 0 Å². The Bertz CT molecular complexity index is 2010. The van der Waals surface area contributed by atoms with Crippen molar-refractivity contribution in [3.8, 4) is 22.9 Å². The van der Waals surface area contributed by atoms with Gasteiger partial charge in [0.05, 0.1) is 39.6 Å². The van der Waals surface area contributed by atoms with Crippen LogP contribution in [0.25, 0.3) is 50.9 Å². The number of aromatic amines is 1. The van der Waals surface area contributed by atoms with Crippen molar-refractivity contribution in [2.75, 3.05) is 0 Å². The molecule has 0 unspecified atom stereocenters. The standard InChI is InChI=1S/C30H23N5O2/c1-30(2,17-31)21-8-10-22(11-9-21)35-27-23-14-18(20-13-19-5-3-4-6-24(19)32-15-20)7-12-25(23)33-16-26(27)34-28(36)29(35)37/h5-16H,3-4H2,1-2H3,(H,34,36). The number of pyridine rings is 2. The molecule has 0 fully saturated rings. The molecule has 3 aromatic heterocycles. The minimum absolute atomic E-state index is 0.460. The summed E-state index contributed by atoms with van der Waals surface area (Å²) < 4.78 is 1.43. The third kappa shape index (κ3) is 3.74. The summed E-state index contributed by atoms with van der Waals surface area (Å²) in [5, 5.41) is 12.3. The van der Waals surface area contributed by atoms with Crippen molar-refractivity contribution >= 4 is 34.1 Å². The molecule has 5 aromatic rings. The van der Waals surface area contributed by atoms with Crippen LogP contribution in [-0.4, -0.2) is 19.5 Å². The van der Waals surface area contributed by atoms with Gasteiger partial charge in [-0.15, -0.1) is 0 Å². The summed E-state index contributed by atoms with van der Waals surface area (Å²) in [5.41, 5.74) is 2.90. The highest BCUT2D eigenvalue weighted by atomic mass is 16.2. The lowest BCUT2D eigenvalue weighted by atomic mass is 9.86. The predicted octanol–water partition coefficient (Wildman–Crippen LogP) is 3.45. The fraction of sp³-hybridized carbons (Fsp3) is 0.167. The molecule has 180 valence electrons. The minimum atomic E-state index is -0.725. The van der Waals surface area contributed by atoms with Gasteiger partial charge in [-0.1, -0.05) is 30.4 Å². The summed E-state index contributed by atoms with van der Waals surface area (Å²) in [5.74, 6) is 0. The molecule has 1 aliphatic carbocycles. The molecular formula is C30H23N5O2. The summed E-state index contributed by atoms with van der Waals surface area (Å²) in [4.78, 5) is 37.6. The van der Waals surface area contributed by atoms with Crippen LogP contribution in [0.15, 0.2) is 70.5 Å². The molecule has 0 atom stereocenters. The highest BCUT2D eigenvalue weighted by Gasteiger charge is 2.20. The Kier molecular flexibility index (Phi) is 5.13. The quantitative estimate of drug-likeness (QED) is 0.311. The van der Waals surface area contributed by atoms with E-state index in [0.29, 0.717) is 22.2 Å². The molecule has 2 aromatic carbocycles. The highest BCUT2D eigenvalue weighted by Crippen LogP contribution is 2.29. The summed E-state index contributed by atoms with van der Waals surface area (Å²) in [6.07, 6.45) is 9.77. The zero-order valence-corrected chi connectivity index (χ0v) is 20.4. The first-order valence-electron chi connectivity index (χ1n) is 12.1. The van der Waals surface area contributed by atoms with Crippen molar-refractivity contribution in [3.05, 3.63) is 97.8 Å². The first-order chi connectivity index (χ1) is 17.9. The zero-order valence-electron chi connectivity index (χ0n) is 20.4. The molecule has 7 heteroatoms. The van der Waals surface area contributed by atoms with Gasteiger partial charge in [0.15, 0.2) is 0 Å². The van der Waals surface area contributed by atoms with Crippen LogP contribution in [0.1, 0.15) is 32.3 Å². The van der Waals surface area contributed by atoms with Gasteiger partial charge in [0.1, 0.15) is 0 Å². The van der Waals surface area contributed by atoms with E-state index in [1.165, 1.54) is 4.57 Å². The first kappa shape index (κ1) is 22.6. The van der Waals surface area contributed by atoms with Crippen LogP contribution in [0.2, 0.25) is 0 Å². The average Bonchev–Trinajstić information content (AvgIpc) is 2.93. The number of aromatic nitrogens is 4. The lowest BCUT2D eigenvalue weighted by Crippen LogP contribution is -2.35. The fourth-order valence-corrected chi connectivity index (χ4v) is 4.85. The summed E-state index contributed by atoms with van der Waals surface area (Å²) in [6, 6.07) is 17.5. The number of fused-ring (bicyclic) bond motifs is 4. The molecule has 0 amide bonds. The Hall–Kier alpha value is -4.83. The van der Waals surface area contributed by atoms with Gasteiger partial charge in [-0.2, -0.15) is 5.26 Å². The molecule has 0 bridgehead atoms. The second kappa shape index (κ2) is 8.38. The van der Waals surface area contributed by atoms with Crippen molar-refractivity contribution < 1.29 is 0 Å². The van der Waals surface area contributed by atoms with E-state index in [-0.39, 0.29) is 0 Å². The largest absolute Gasteiger partial charge is 0.321 e. The molecule has 0 saturated heterocycles. The predicted molar refractivity (Wildman–Crippen MR) is 145 cm³/mol. The minimum Gasteiger partial charge on any atom is -0.315 e. The summed E-state index contributed by atoms with van der Waals surface area (Å²) in [6.45, 7) is 3.67. The van der Waals surface area contributed by atoms with Crippen LogP contribution < -0.4 is 21.7 Å². The third-order valence-corrected chi connectivity index (χ3v) is 6.99. The Morgan fingerprint density at radius 1 is 0.946 bits per heavy atom. The maximum atomic E-state index is 13.2. The van der Waals surface area contributed by atoms with E-state index < -0.39 is 16.5 Å². The Labute approximate surface area is 211 Å². The SMILES string of the molecule is CC(C)(C#N)c1ccc(-n2c(=O)c(=O)[nH]c3cnc4ccc(-c5cnc6c(c5)=CCCC=6)cc4c32)cc1. The van der Waals surface area contributed by atoms with E-state index >= 15 is 0 Å². The van der Waals surface area contributed by atoms with E-state index in [2.05, 4.69) is 39.2 Å². The van der Waals surface area contributed by atoms with E-state index in [1.807, 2.05) is 50.4 Å². The van der Waals surface area contributed by atoms with Gasteiger partial charge in [-0.3, -0.25) is 24.1 Å². The second-order valence-corrected chi connectivity index (χ2v) is 9.81. The molecule has 7 nitrogen and oxygen atoms in total. The average molecular weight is 486 g/mol. The van der Waals surface area contributed by atoms with Gasteiger partial charge in [0.25, 0.3) is 0 Å². The third-order valence-electron chi connectivity index (χ3n) is 6.99. The van der Waals surface area contributed by atoms with E-state index in [1.54, 1.807) is 18.3 Å². The maximum Gasteiger partial charge on any atom is 0.321 e.